The van der Waals surface area contributed by atoms with Crippen molar-refractivity contribution in [1.82, 2.24) is 4.57 Å². The van der Waals surface area contributed by atoms with Gasteiger partial charge in [0.2, 0.25) is 5.75 Å². The summed E-state index contributed by atoms with van der Waals surface area (Å²) >= 11 is 0. The molecule has 0 saturated carbocycles. The number of hydrogen-bond donors (Lipinski definition) is 0. The maximum atomic E-state index is 13.4. The molecule has 2 aromatic carbocycles. The van der Waals surface area contributed by atoms with Crippen LogP contribution in [0.15, 0.2) is 53.3 Å². The number of rotatable bonds is 11. The van der Waals surface area contributed by atoms with Crippen LogP contribution in [0, 0.1) is 0 Å². The summed E-state index contributed by atoms with van der Waals surface area (Å²) in [6.07, 6.45) is 3.74. The van der Waals surface area contributed by atoms with Crippen LogP contribution < -0.4 is 19.8 Å². The number of benzene rings is 2. The summed E-state index contributed by atoms with van der Waals surface area (Å²) in [5, 5.41) is 0.704. The van der Waals surface area contributed by atoms with Crippen LogP contribution >= 0.6 is 0 Å². The second-order valence-corrected chi connectivity index (χ2v) is 7.72. The number of hydrogen-bond acceptors (Lipinski definition) is 5. The Morgan fingerprint density at radius 2 is 1.69 bits per heavy atom. The predicted octanol–water partition coefficient (Wildman–Crippen LogP) is 5.48. The van der Waals surface area contributed by atoms with Crippen LogP contribution in [-0.4, -0.2) is 17.1 Å². The number of esters is 1. The summed E-state index contributed by atoms with van der Waals surface area (Å²) in [6, 6.07) is 15.3. The molecule has 3 aromatic rings. The fourth-order valence-electron chi connectivity index (χ4n) is 3.45. The maximum absolute atomic E-state index is 13.4. The Kier molecular flexibility index (Phi) is 8.31. The van der Waals surface area contributed by atoms with Crippen molar-refractivity contribution in [3.05, 3.63) is 64.4 Å². The molecule has 0 radical (unpaired) electrons. The van der Waals surface area contributed by atoms with Crippen molar-refractivity contribution < 1.29 is 19.0 Å². The van der Waals surface area contributed by atoms with Gasteiger partial charge >= 0.3 is 5.97 Å². The molecule has 1 heterocycles. The molecule has 0 amide bonds. The van der Waals surface area contributed by atoms with E-state index >= 15 is 0 Å². The highest BCUT2D eigenvalue weighted by Crippen LogP contribution is 2.35. The first-order valence-electron chi connectivity index (χ1n) is 11.2. The van der Waals surface area contributed by atoms with Crippen LogP contribution in [0.2, 0.25) is 0 Å². The lowest BCUT2D eigenvalue weighted by Gasteiger charge is -2.18. The quantitative estimate of drug-likeness (QED) is 0.293. The molecule has 0 fully saturated rings. The van der Waals surface area contributed by atoms with E-state index in [9.17, 15) is 9.59 Å². The van der Waals surface area contributed by atoms with E-state index in [4.69, 9.17) is 14.2 Å². The molecule has 32 heavy (non-hydrogen) atoms. The first-order valence-corrected chi connectivity index (χ1v) is 11.2. The molecule has 0 aliphatic carbocycles. The van der Waals surface area contributed by atoms with E-state index < -0.39 is 5.97 Å². The molecule has 0 saturated heterocycles. The standard InChI is InChI=1S/C26H31NO5/c1-4-6-15-27-23-17-21(30-16-7-5-2)13-14-22(23)24(25(26(27)29)32-19(3)28)31-18-20-11-9-8-10-12-20/h8-14,17H,4-7,15-16,18H2,1-3H3. The van der Waals surface area contributed by atoms with Crippen LogP contribution in [0.3, 0.4) is 0 Å². The van der Waals surface area contributed by atoms with Gasteiger partial charge in [-0.05, 0) is 30.5 Å². The van der Waals surface area contributed by atoms with Crippen LogP contribution in [0.25, 0.3) is 10.9 Å². The van der Waals surface area contributed by atoms with Gasteiger partial charge in [0.05, 0.1) is 12.1 Å². The highest BCUT2D eigenvalue weighted by molar-refractivity contribution is 5.90. The topological polar surface area (TPSA) is 66.8 Å². The number of pyridine rings is 1. The molecule has 0 atom stereocenters. The lowest BCUT2D eigenvalue weighted by atomic mass is 10.1. The molecular formula is C26H31NO5. The second-order valence-electron chi connectivity index (χ2n) is 7.72. The van der Waals surface area contributed by atoms with Gasteiger partial charge in [0.15, 0.2) is 5.75 Å². The zero-order valence-electron chi connectivity index (χ0n) is 19.1. The number of carbonyl (C=O) groups excluding carboxylic acids is 1. The number of unbranched alkanes of at least 4 members (excludes halogenated alkanes) is 2. The molecule has 0 spiro atoms. The smallest absolute Gasteiger partial charge is 0.308 e. The lowest BCUT2D eigenvalue weighted by molar-refractivity contribution is -0.132. The molecular weight excluding hydrogens is 406 g/mol. The average molecular weight is 438 g/mol. The van der Waals surface area contributed by atoms with E-state index in [2.05, 4.69) is 13.8 Å². The Labute approximate surface area is 188 Å². The number of aromatic nitrogens is 1. The number of aryl methyl sites for hydroxylation is 1. The van der Waals surface area contributed by atoms with Crippen molar-refractivity contribution in [2.75, 3.05) is 6.61 Å². The maximum Gasteiger partial charge on any atom is 0.308 e. The van der Waals surface area contributed by atoms with E-state index in [0.717, 1.165) is 31.2 Å². The van der Waals surface area contributed by atoms with Crippen molar-refractivity contribution in [3.63, 3.8) is 0 Å². The molecule has 6 nitrogen and oxygen atoms in total. The first kappa shape index (κ1) is 23.4. The average Bonchev–Trinajstić information content (AvgIpc) is 2.79. The minimum absolute atomic E-state index is 0.0725. The van der Waals surface area contributed by atoms with Crippen molar-refractivity contribution >= 4 is 16.9 Å². The third-order valence-corrected chi connectivity index (χ3v) is 5.12. The zero-order valence-corrected chi connectivity index (χ0v) is 19.1. The highest BCUT2D eigenvalue weighted by atomic mass is 16.6. The SMILES string of the molecule is CCCCOc1ccc2c(OCc3ccccc3)c(OC(C)=O)c(=O)n(CCCC)c2c1. The van der Waals surface area contributed by atoms with Crippen LogP contribution in [0.4, 0.5) is 0 Å². The number of carbonyl (C=O) groups is 1. The fourth-order valence-corrected chi connectivity index (χ4v) is 3.45. The molecule has 0 unspecified atom stereocenters. The van der Waals surface area contributed by atoms with E-state index in [1.165, 1.54) is 6.92 Å². The summed E-state index contributed by atoms with van der Waals surface area (Å²) in [4.78, 5) is 25.2. The van der Waals surface area contributed by atoms with Gasteiger partial charge in [-0.25, -0.2) is 0 Å². The largest absolute Gasteiger partial charge is 0.494 e. The van der Waals surface area contributed by atoms with Gasteiger partial charge in [0.25, 0.3) is 5.56 Å². The van der Waals surface area contributed by atoms with Gasteiger partial charge < -0.3 is 18.8 Å². The Hall–Kier alpha value is -3.28. The number of ether oxygens (including phenoxy) is 3. The molecule has 1 aromatic heterocycles. The van der Waals surface area contributed by atoms with Crippen molar-refractivity contribution in [1.29, 1.82) is 0 Å². The minimum atomic E-state index is -0.562. The van der Waals surface area contributed by atoms with E-state index in [-0.39, 0.29) is 23.7 Å². The normalized spacial score (nSPS) is 10.8. The molecule has 0 aliphatic heterocycles. The number of fused-ring (bicyclic) bond motifs is 1. The van der Waals surface area contributed by atoms with Crippen molar-refractivity contribution in [3.8, 4) is 17.2 Å². The molecule has 0 aliphatic rings. The molecule has 0 bridgehead atoms. The van der Waals surface area contributed by atoms with Crippen LogP contribution in [0.5, 0.6) is 17.2 Å². The summed E-state index contributed by atoms with van der Waals surface area (Å²) in [6.45, 7) is 6.83. The minimum Gasteiger partial charge on any atom is -0.494 e. The van der Waals surface area contributed by atoms with Crippen molar-refractivity contribution in [2.24, 2.45) is 0 Å². The van der Waals surface area contributed by atoms with Gasteiger partial charge in [-0.15, -0.1) is 0 Å². The second kappa shape index (κ2) is 11.4. The van der Waals surface area contributed by atoms with E-state index in [0.29, 0.717) is 29.8 Å². The summed E-state index contributed by atoms with van der Waals surface area (Å²) < 4.78 is 19.0. The zero-order chi connectivity index (χ0) is 22.9. The van der Waals surface area contributed by atoms with Crippen molar-refractivity contribution in [2.45, 2.75) is 59.6 Å². The molecule has 170 valence electrons. The molecule has 3 rings (SSSR count). The molecule has 6 heteroatoms. The molecule has 0 N–H and O–H groups in total. The lowest BCUT2D eigenvalue weighted by Crippen LogP contribution is -2.25. The third-order valence-electron chi connectivity index (χ3n) is 5.12. The van der Waals surface area contributed by atoms with Gasteiger partial charge in [0, 0.05) is 24.9 Å². The van der Waals surface area contributed by atoms with Crippen LogP contribution in [0.1, 0.15) is 52.0 Å². The van der Waals surface area contributed by atoms with Gasteiger partial charge in [0.1, 0.15) is 12.4 Å². The first-order chi connectivity index (χ1) is 15.5. The van der Waals surface area contributed by atoms with E-state index in [1.807, 2.05) is 48.5 Å². The number of nitrogens with zero attached hydrogens (tertiary/aromatic N) is 1. The van der Waals surface area contributed by atoms with Gasteiger partial charge in [-0.2, -0.15) is 0 Å². The Morgan fingerprint density at radius 1 is 0.938 bits per heavy atom. The Morgan fingerprint density at radius 3 is 2.38 bits per heavy atom. The Balaban J connectivity index is 2.13. The summed E-state index contributed by atoms with van der Waals surface area (Å²) in [5.41, 5.74) is 1.27. The van der Waals surface area contributed by atoms with Gasteiger partial charge in [-0.1, -0.05) is 57.0 Å². The highest BCUT2D eigenvalue weighted by Gasteiger charge is 2.22. The summed E-state index contributed by atoms with van der Waals surface area (Å²) in [5.74, 6) is 0.339. The third kappa shape index (κ3) is 5.69. The monoisotopic (exact) mass is 437 g/mol. The predicted molar refractivity (Wildman–Crippen MR) is 126 cm³/mol. The van der Waals surface area contributed by atoms with Gasteiger partial charge in [-0.3, -0.25) is 9.59 Å². The van der Waals surface area contributed by atoms with Crippen LogP contribution in [-0.2, 0) is 17.9 Å². The Bertz CT molecular complexity index is 1100. The van der Waals surface area contributed by atoms with E-state index in [1.54, 1.807) is 4.57 Å². The fraction of sp³-hybridized carbons (Fsp3) is 0.385. The summed E-state index contributed by atoms with van der Waals surface area (Å²) in [7, 11) is 0.